The molecule has 0 aromatic carbocycles. The molecule has 21 heavy (non-hydrogen) atoms. The normalized spacial score (nSPS) is 62.3. The SMILES string of the molecule is OCC1C(O)C(O)C2OC3C(O)C(O)C4(CO)OC4C3N12. The second-order valence-electron chi connectivity index (χ2n) is 6.25. The molecule has 6 N–H and O–H groups in total. The van der Waals surface area contributed by atoms with Crippen molar-refractivity contribution in [1.29, 1.82) is 0 Å². The van der Waals surface area contributed by atoms with Crippen LogP contribution in [0.25, 0.3) is 0 Å². The first-order valence-electron chi connectivity index (χ1n) is 7.02. The molecule has 1 saturated carbocycles. The van der Waals surface area contributed by atoms with Gasteiger partial charge in [0.2, 0.25) is 0 Å². The lowest BCUT2D eigenvalue weighted by Gasteiger charge is -2.38. The minimum atomic E-state index is -1.29. The molecule has 9 nitrogen and oxygen atoms in total. The first-order valence-corrected chi connectivity index (χ1v) is 7.02. The van der Waals surface area contributed by atoms with E-state index in [1.165, 1.54) is 0 Å². The summed E-state index contributed by atoms with van der Waals surface area (Å²) < 4.78 is 11.1. The summed E-state index contributed by atoms with van der Waals surface area (Å²) in [5.41, 5.74) is -1.24. The monoisotopic (exact) mass is 305 g/mol. The Balaban J connectivity index is 1.70. The third-order valence-electron chi connectivity index (χ3n) is 5.37. The molecule has 0 aromatic heterocycles. The highest BCUT2D eigenvalue weighted by atomic mass is 16.7. The third-order valence-corrected chi connectivity index (χ3v) is 5.37. The number of epoxide rings is 1. The molecule has 3 aliphatic heterocycles. The fraction of sp³-hybridized carbons (Fsp3) is 1.00. The summed E-state index contributed by atoms with van der Waals surface area (Å²) >= 11 is 0. The third kappa shape index (κ3) is 1.51. The van der Waals surface area contributed by atoms with Crippen LogP contribution in [0, 0.1) is 0 Å². The van der Waals surface area contributed by atoms with Gasteiger partial charge in [0.05, 0.1) is 25.3 Å². The van der Waals surface area contributed by atoms with E-state index in [-0.39, 0.29) is 0 Å². The highest BCUT2D eigenvalue weighted by Gasteiger charge is 2.77. The zero-order chi connectivity index (χ0) is 15.1. The van der Waals surface area contributed by atoms with Crippen molar-refractivity contribution in [3.05, 3.63) is 0 Å². The van der Waals surface area contributed by atoms with Gasteiger partial charge in [-0.15, -0.1) is 0 Å². The Morgan fingerprint density at radius 3 is 2.33 bits per heavy atom. The molecule has 10 unspecified atom stereocenters. The summed E-state index contributed by atoms with van der Waals surface area (Å²) in [6.07, 6.45) is -7.24. The molecule has 0 bridgehead atoms. The average molecular weight is 305 g/mol. The van der Waals surface area contributed by atoms with Gasteiger partial charge < -0.3 is 40.1 Å². The molecule has 3 heterocycles. The van der Waals surface area contributed by atoms with Crippen LogP contribution in [0.5, 0.6) is 0 Å². The lowest BCUT2D eigenvalue weighted by atomic mass is 9.79. The van der Waals surface area contributed by atoms with Crippen LogP contribution < -0.4 is 0 Å². The maximum Gasteiger partial charge on any atom is 0.148 e. The molecule has 0 spiro atoms. The number of aliphatic hydroxyl groups is 6. The van der Waals surface area contributed by atoms with E-state index in [4.69, 9.17) is 9.47 Å². The summed E-state index contributed by atoms with van der Waals surface area (Å²) in [6, 6.07) is -1.30. The number of nitrogens with zero attached hydrogens (tertiary/aromatic N) is 1. The molecular formula is C12H19NO8. The Bertz CT molecular complexity index is 451. The molecule has 3 saturated heterocycles. The predicted molar refractivity (Wildman–Crippen MR) is 63.9 cm³/mol. The van der Waals surface area contributed by atoms with Crippen LogP contribution in [-0.2, 0) is 9.47 Å². The summed E-state index contributed by atoms with van der Waals surface area (Å²) in [4.78, 5) is 1.59. The topological polar surface area (TPSA) is 146 Å². The summed E-state index contributed by atoms with van der Waals surface area (Å²) in [5.74, 6) is 0. The van der Waals surface area contributed by atoms with Crippen LogP contribution in [0.1, 0.15) is 0 Å². The first-order chi connectivity index (χ1) is 9.97. The van der Waals surface area contributed by atoms with Crippen molar-refractivity contribution in [3.8, 4) is 0 Å². The van der Waals surface area contributed by atoms with Crippen molar-refractivity contribution in [3.63, 3.8) is 0 Å². The first kappa shape index (κ1) is 14.2. The molecule has 120 valence electrons. The molecule has 10 atom stereocenters. The van der Waals surface area contributed by atoms with Crippen LogP contribution in [0.4, 0.5) is 0 Å². The Kier molecular flexibility index (Phi) is 2.95. The van der Waals surface area contributed by atoms with Crippen molar-refractivity contribution >= 4 is 0 Å². The van der Waals surface area contributed by atoms with E-state index >= 15 is 0 Å². The van der Waals surface area contributed by atoms with Crippen LogP contribution >= 0.6 is 0 Å². The van der Waals surface area contributed by atoms with Gasteiger partial charge in [-0.2, -0.15) is 0 Å². The number of rotatable bonds is 2. The maximum atomic E-state index is 10.2. The number of aliphatic hydroxyl groups excluding tert-OH is 6. The zero-order valence-corrected chi connectivity index (χ0v) is 11.1. The quantitative estimate of drug-likeness (QED) is 0.277. The van der Waals surface area contributed by atoms with E-state index in [0.717, 1.165) is 0 Å². The Morgan fingerprint density at radius 1 is 1.00 bits per heavy atom. The molecule has 0 amide bonds. The molecule has 0 aromatic rings. The highest BCUT2D eigenvalue weighted by Crippen LogP contribution is 2.54. The molecule has 4 rings (SSSR count). The van der Waals surface area contributed by atoms with Gasteiger partial charge in [0.15, 0.2) is 0 Å². The van der Waals surface area contributed by atoms with Gasteiger partial charge in [0.1, 0.15) is 48.5 Å². The lowest BCUT2D eigenvalue weighted by Crippen LogP contribution is -2.62. The Hall–Kier alpha value is -0.360. The molecule has 0 radical (unpaired) electrons. The van der Waals surface area contributed by atoms with Crippen molar-refractivity contribution in [2.24, 2.45) is 0 Å². The minimum Gasteiger partial charge on any atom is -0.395 e. The van der Waals surface area contributed by atoms with Gasteiger partial charge >= 0.3 is 0 Å². The Labute approximate surface area is 119 Å². The smallest absolute Gasteiger partial charge is 0.148 e. The van der Waals surface area contributed by atoms with Crippen LogP contribution in [0.3, 0.4) is 0 Å². The zero-order valence-electron chi connectivity index (χ0n) is 11.1. The fourth-order valence-electron chi connectivity index (χ4n) is 4.19. The molecule has 4 aliphatic rings. The van der Waals surface area contributed by atoms with E-state index in [9.17, 15) is 30.6 Å². The van der Waals surface area contributed by atoms with Crippen molar-refractivity contribution < 1.29 is 40.1 Å². The van der Waals surface area contributed by atoms with Gasteiger partial charge in [-0.25, -0.2) is 0 Å². The van der Waals surface area contributed by atoms with E-state index < -0.39 is 73.8 Å². The largest absolute Gasteiger partial charge is 0.395 e. The second kappa shape index (κ2) is 4.34. The van der Waals surface area contributed by atoms with E-state index in [2.05, 4.69) is 0 Å². The van der Waals surface area contributed by atoms with E-state index in [1.54, 1.807) is 4.90 Å². The van der Waals surface area contributed by atoms with Crippen LogP contribution in [0.2, 0.25) is 0 Å². The molecule has 4 fully saturated rings. The summed E-state index contributed by atoms with van der Waals surface area (Å²) in [5, 5.41) is 59.2. The molecule has 9 heteroatoms. The minimum absolute atomic E-state index is 0.390. The standard InChI is InChI=1S/C12H19NO8/c14-1-3-5(16)6(17)11-13(3)4-8(20-11)7(18)9(19)12(2-15)10(4)21-12/h3-11,14-19H,1-2H2. The Morgan fingerprint density at radius 2 is 1.71 bits per heavy atom. The second-order valence-corrected chi connectivity index (χ2v) is 6.25. The summed E-state index contributed by atoms with van der Waals surface area (Å²) in [6.45, 7) is -0.842. The number of hydrogen-bond acceptors (Lipinski definition) is 9. The van der Waals surface area contributed by atoms with Crippen LogP contribution in [0.15, 0.2) is 0 Å². The van der Waals surface area contributed by atoms with E-state index in [1.807, 2.05) is 0 Å². The number of ether oxygens (including phenoxy) is 2. The van der Waals surface area contributed by atoms with Gasteiger partial charge in [-0.1, -0.05) is 0 Å². The summed E-state index contributed by atoms with van der Waals surface area (Å²) in [7, 11) is 0. The van der Waals surface area contributed by atoms with E-state index in [0.29, 0.717) is 0 Å². The van der Waals surface area contributed by atoms with Crippen molar-refractivity contribution in [1.82, 2.24) is 4.90 Å². The maximum absolute atomic E-state index is 10.2. The molecular weight excluding hydrogens is 286 g/mol. The van der Waals surface area contributed by atoms with Gasteiger partial charge in [0.25, 0.3) is 0 Å². The lowest BCUT2D eigenvalue weighted by molar-refractivity contribution is -0.141. The van der Waals surface area contributed by atoms with Gasteiger partial charge in [-0.3, -0.25) is 4.90 Å². The fourth-order valence-corrected chi connectivity index (χ4v) is 4.19. The van der Waals surface area contributed by atoms with Gasteiger partial charge in [0, 0.05) is 0 Å². The number of fused-ring (bicyclic) bond motifs is 5. The average Bonchev–Trinajstić information content (AvgIpc) is 3.04. The molecule has 1 aliphatic carbocycles. The van der Waals surface area contributed by atoms with Crippen LogP contribution in [-0.4, -0.2) is 109 Å². The predicted octanol–water partition coefficient (Wildman–Crippen LogP) is -4.66. The highest BCUT2D eigenvalue weighted by molar-refractivity contribution is 5.25. The van der Waals surface area contributed by atoms with Gasteiger partial charge in [-0.05, 0) is 0 Å². The number of hydrogen-bond donors (Lipinski definition) is 6. The van der Waals surface area contributed by atoms with Crippen molar-refractivity contribution in [2.75, 3.05) is 13.2 Å². The van der Waals surface area contributed by atoms with Crippen molar-refractivity contribution in [2.45, 2.75) is 60.5 Å².